The molecule has 0 aromatic rings. The van der Waals surface area contributed by atoms with E-state index in [1.54, 1.807) is 13.8 Å². The summed E-state index contributed by atoms with van der Waals surface area (Å²) in [6.07, 6.45) is 0. The van der Waals surface area contributed by atoms with Crippen LogP contribution in [-0.2, 0) is 9.53 Å². The van der Waals surface area contributed by atoms with E-state index < -0.39 is 11.5 Å². The summed E-state index contributed by atoms with van der Waals surface area (Å²) < 4.78 is 4.56. The second kappa shape index (κ2) is 3.29. The van der Waals surface area contributed by atoms with E-state index in [1.165, 1.54) is 6.92 Å². The molecule has 58 valence electrons. The molecule has 0 aromatic heterocycles. The first-order valence-electron chi connectivity index (χ1n) is 2.96. The number of hydrogen-bond acceptors (Lipinski definition) is 4. The van der Waals surface area contributed by atoms with E-state index >= 15 is 0 Å². The third kappa shape index (κ3) is 4.00. The number of ether oxygens (including phenoxy) is 1. The van der Waals surface area contributed by atoms with Crippen molar-refractivity contribution in [2.45, 2.75) is 26.3 Å². The zero-order valence-corrected chi connectivity index (χ0v) is 6.38. The molecule has 0 saturated carbocycles. The Bertz CT molecular complexity index is 142. The first kappa shape index (κ1) is 9.07. The van der Waals surface area contributed by atoms with Crippen LogP contribution in [0.15, 0.2) is 5.18 Å². The standard InChI is InChI=1S/C6H11NO3/c1-5(8)10-4-6(2,3)7-9/h4H2,1-3H3. The highest BCUT2D eigenvalue weighted by atomic mass is 16.5. The van der Waals surface area contributed by atoms with Gasteiger partial charge in [0.2, 0.25) is 0 Å². The summed E-state index contributed by atoms with van der Waals surface area (Å²) in [5, 5.41) is 2.77. The van der Waals surface area contributed by atoms with E-state index in [2.05, 4.69) is 9.91 Å². The molecule has 0 aromatic carbocycles. The molecule has 0 heterocycles. The first-order chi connectivity index (χ1) is 4.48. The molecule has 0 N–H and O–H groups in total. The lowest BCUT2D eigenvalue weighted by Gasteiger charge is -2.13. The van der Waals surface area contributed by atoms with Gasteiger partial charge in [0.25, 0.3) is 0 Å². The Balaban J connectivity index is 3.67. The van der Waals surface area contributed by atoms with Gasteiger partial charge in [-0.15, -0.1) is 0 Å². The Kier molecular flexibility index (Phi) is 2.99. The van der Waals surface area contributed by atoms with Crippen LogP contribution in [0.4, 0.5) is 0 Å². The number of hydrogen-bond donors (Lipinski definition) is 0. The van der Waals surface area contributed by atoms with E-state index in [4.69, 9.17) is 0 Å². The highest BCUT2D eigenvalue weighted by Gasteiger charge is 2.19. The Morgan fingerprint density at radius 2 is 2.10 bits per heavy atom. The molecule has 4 nitrogen and oxygen atoms in total. The molecule has 0 amide bonds. The van der Waals surface area contributed by atoms with E-state index in [9.17, 15) is 9.70 Å². The zero-order chi connectivity index (χ0) is 8.20. The van der Waals surface area contributed by atoms with Crippen molar-refractivity contribution < 1.29 is 9.53 Å². The second-order valence-corrected chi connectivity index (χ2v) is 2.68. The maximum atomic E-state index is 10.2. The predicted octanol–water partition coefficient (Wildman–Crippen LogP) is 1.09. The number of nitroso groups, excluding NO2 is 1. The van der Waals surface area contributed by atoms with Crippen LogP contribution in [0.25, 0.3) is 0 Å². The maximum absolute atomic E-state index is 10.2. The summed E-state index contributed by atoms with van der Waals surface area (Å²) >= 11 is 0. The molecule has 0 radical (unpaired) electrons. The van der Waals surface area contributed by atoms with Crippen LogP contribution in [0.1, 0.15) is 20.8 Å². The van der Waals surface area contributed by atoms with Gasteiger partial charge in [-0.1, -0.05) is 5.18 Å². The third-order valence-corrected chi connectivity index (χ3v) is 0.876. The van der Waals surface area contributed by atoms with Crippen molar-refractivity contribution in [3.8, 4) is 0 Å². The molecule has 0 saturated heterocycles. The lowest BCUT2D eigenvalue weighted by molar-refractivity contribution is -0.142. The quantitative estimate of drug-likeness (QED) is 0.441. The highest BCUT2D eigenvalue weighted by molar-refractivity contribution is 5.65. The van der Waals surface area contributed by atoms with Crippen molar-refractivity contribution in [3.05, 3.63) is 4.91 Å². The van der Waals surface area contributed by atoms with Crippen LogP contribution in [0.5, 0.6) is 0 Å². The molecule has 4 heteroatoms. The molecule has 0 aliphatic carbocycles. The van der Waals surface area contributed by atoms with Crippen LogP contribution in [0, 0.1) is 4.91 Å². The zero-order valence-electron chi connectivity index (χ0n) is 6.38. The van der Waals surface area contributed by atoms with Crippen LogP contribution in [-0.4, -0.2) is 18.1 Å². The van der Waals surface area contributed by atoms with Gasteiger partial charge in [0.1, 0.15) is 12.1 Å². The van der Waals surface area contributed by atoms with Crippen LogP contribution >= 0.6 is 0 Å². The minimum Gasteiger partial charge on any atom is -0.463 e. The lowest BCUT2D eigenvalue weighted by Crippen LogP contribution is -2.24. The number of carbonyl (C=O) groups excluding carboxylic acids is 1. The van der Waals surface area contributed by atoms with E-state index in [-0.39, 0.29) is 6.61 Å². The molecular weight excluding hydrogens is 134 g/mol. The molecule has 0 spiro atoms. The van der Waals surface area contributed by atoms with Crippen molar-refractivity contribution in [1.82, 2.24) is 0 Å². The lowest BCUT2D eigenvalue weighted by atomic mass is 10.1. The fourth-order valence-corrected chi connectivity index (χ4v) is 0.305. The third-order valence-electron chi connectivity index (χ3n) is 0.876. The average molecular weight is 145 g/mol. The number of rotatable bonds is 3. The van der Waals surface area contributed by atoms with Gasteiger partial charge in [0.15, 0.2) is 0 Å². The Morgan fingerprint density at radius 1 is 1.60 bits per heavy atom. The fraction of sp³-hybridized carbons (Fsp3) is 0.833. The fourth-order valence-electron chi connectivity index (χ4n) is 0.305. The molecule has 10 heavy (non-hydrogen) atoms. The van der Waals surface area contributed by atoms with Gasteiger partial charge in [-0.2, -0.15) is 4.91 Å². The van der Waals surface area contributed by atoms with Gasteiger partial charge in [0.05, 0.1) is 0 Å². The van der Waals surface area contributed by atoms with E-state index in [1.807, 2.05) is 0 Å². The SMILES string of the molecule is CC(=O)OCC(C)(C)N=O. The van der Waals surface area contributed by atoms with Crippen molar-refractivity contribution in [1.29, 1.82) is 0 Å². The van der Waals surface area contributed by atoms with Crippen LogP contribution in [0.2, 0.25) is 0 Å². The number of esters is 1. The number of nitrogens with zero attached hydrogens (tertiary/aromatic N) is 1. The van der Waals surface area contributed by atoms with Crippen molar-refractivity contribution in [2.24, 2.45) is 5.18 Å². The van der Waals surface area contributed by atoms with Gasteiger partial charge >= 0.3 is 5.97 Å². The molecule has 0 atom stereocenters. The molecule has 0 rings (SSSR count). The minimum absolute atomic E-state index is 0.0475. The van der Waals surface area contributed by atoms with Gasteiger partial charge in [0, 0.05) is 6.92 Å². The Hall–Kier alpha value is -0.930. The van der Waals surface area contributed by atoms with Gasteiger partial charge in [-0.25, -0.2) is 0 Å². The van der Waals surface area contributed by atoms with E-state index in [0.717, 1.165) is 0 Å². The Labute approximate surface area is 59.5 Å². The normalized spacial score (nSPS) is 10.7. The van der Waals surface area contributed by atoms with Crippen molar-refractivity contribution in [2.75, 3.05) is 6.61 Å². The molecular formula is C6H11NO3. The van der Waals surface area contributed by atoms with Gasteiger partial charge in [-0.3, -0.25) is 4.79 Å². The molecule has 0 aliphatic rings. The van der Waals surface area contributed by atoms with Crippen LogP contribution < -0.4 is 0 Å². The second-order valence-electron chi connectivity index (χ2n) is 2.68. The smallest absolute Gasteiger partial charge is 0.302 e. The van der Waals surface area contributed by atoms with Gasteiger partial charge in [-0.05, 0) is 13.8 Å². The number of carbonyl (C=O) groups is 1. The predicted molar refractivity (Wildman–Crippen MR) is 36.5 cm³/mol. The van der Waals surface area contributed by atoms with Gasteiger partial charge < -0.3 is 4.74 Å². The van der Waals surface area contributed by atoms with Crippen LogP contribution in [0.3, 0.4) is 0 Å². The summed E-state index contributed by atoms with van der Waals surface area (Å²) in [6, 6.07) is 0. The largest absolute Gasteiger partial charge is 0.463 e. The molecule has 0 aliphatic heterocycles. The molecule has 0 bridgehead atoms. The average Bonchev–Trinajstić information content (AvgIpc) is 1.85. The summed E-state index contributed by atoms with van der Waals surface area (Å²) in [5.41, 5.74) is -0.800. The molecule has 0 unspecified atom stereocenters. The summed E-state index contributed by atoms with van der Waals surface area (Å²) in [7, 11) is 0. The maximum Gasteiger partial charge on any atom is 0.302 e. The van der Waals surface area contributed by atoms with Crippen molar-refractivity contribution >= 4 is 5.97 Å². The monoisotopic (exact) mass is 145 g/mol. The minimum atomic E-state index is -0.800. The Morgan fingerprint density at radius 3 is 2.40 bits per heavy atom. The summed E-state index contributed by atoms with van der Waals surface area (Å²) in [5.74, 6) is -0.392. The topological polar surface area (TPSA) is 55.7 Å². The summed E-state index contributed by atoms with van der Waals surface area (Å²) in [4.78, 5) is 20.2. The van der Waals surface area contributed by atoms with Crippen molar-refractivity contribution in [3.63, 3.8) is 0 Å². The molecule has 0 fully saturated rings. The highest BCUT2D eigenvalue weighted by Crippen LogP contribution is 2.07. The van der Waals surface area contributed by atoms with E-state index in [0.29, 0.717) is 0 Å². The first-order valence-corrected chi connectivity index (χ1v) is 2.96. The summed E-state index contributed by atoms with van der Waals surface area (Å²) in [6.45, 7) is 4.54.